The fourth-order valence-electron chi connectivity index (χ4n) is 1.75. The van der Waals surface area contributed by atoms with E-state index >= 15 is 0 Å². The van der Waals surface area contributed by atoms with Gasteiger partial charge in [0.1, 0.15) is 0 Å². The van der Waals surface area contributed by atoms with Crippen molar-refractivity contribution in [1.29, 1.82) is 0 Å². The van der Waals surface area contributed by atoms with E-state index in [-0.39, 0.29) is 18.9 Å². The Morgan fingerprint density at radius 2 is 1.64 bits per heavy atom. The predicted octanol–water partition coefficient (Wildman–Crippen LogP) is -0.690. The van der Waals surface area contributed by atoms with E-state index in [1.54, 1.807) is 11.5 Å². The van der Waals surface area contributed by atoms with Crippen molar-refractivity contribution in [2.75, 3.05) is 0 Å². The van der Waals surface area contributed by atoms with Crippen LogP contribution in [0.15, 0.2) is 30.3 Å². The molecule has 0 radical (unpaired) electrons. The maximum absolute atomic E-state index is 2.25. The minimum Gasteiger partial charge on any atom is -0.312 e. The van der Waals surface area contributed by atoms with Crippen LogP contribution in [-0.2, 0) is 5.41 Å². The van der Waals surface area contributed by atoms with Gasteiger partial charge >= 0.3 is 18.9 Å². The van der Waals surface area contributed by atoms with Crippen LogP contribution in [0.1, 0.15) is 18.4 Å². The molecule has 0 nitrogen and oxygen atoms in total. The molecule has 0 atom stereocenters. The second kappa shape index (κ2) is 2.16. The monoisotopic (exact) mass is 136 g/mol. The van der Waals surface area contributed by atoms with Gasteiger partial charge in [0.05, 0.1) is 0 Å². The largest absolute Gasteiger partial charge is 1.00 e. The van der Waals surface area contributed by atoms with E-state index in [2.05, 4.69) is 30.3 Å². The number of rotatable bonds is 1. The van der Waals surface area contributed by atoms with Gasteiger partial charge < -0.3 is 5.92 Å². The smallest absolute Gasteiger partial charge is 0.312 e. The van der Waals surface area contributed by atoms with Crippen LogP contribution in [0.3, 0.4) is 0 Å². The summed E-state index contributed by atoms with van der Waals surface area (Å²) in [5.74, 6) is 1.78. The van der Waals surface area contributed by atoms with E-state index in [4.69, 9.17) is 0 Å². The Hall–Kier alpha value is -0.183. The van der Waals surface area contributed by atoms with Crippen molar-refractivity contribution in [3.8, 4) is 0 Å². The molecule has 1 aromatic carbocycles. The first-order chi connectivity index (χ1) is 4.92. The molecule has 0 amide bonds. The van der Waals surface area contributed by atoms with Crippen LogP contribution < -0.4 is 18.9 Å². The molecule has 11 heavy (non-hydrogen) atoms. The van der Waals surface area contributed by atoms with Crippen LogP contribution in [0.25, 0.3) is 0 Å². The summed E-state index contributed by atoms with van der Waals surface area (Å²) in [5.41, 5.74) is 2.17. The van der Waals surface area contributed by atoms with Crippen LogP contribution in [-0.4, -0.2) is 0 Å². The third-order valence-electron chi connectivity index (χ3n) is 2.78. The minimum absolute atomic E-state index is 0. The number of fused-ring (bicyclic) bond motifs is 1. The molecule has 2 aliphatic rings. The Morgan fingerprint density at radius 3 is 2.09 bits per heavy atom. The van der Waals surface area contributed by atoms with Crippen molar-refractivity contribution in [3.05, 3.63) is 41.8 Å². The zero-order chi connectivity index (χ0) is 6.60. The molecule has 2 saturated carbocycles. The van der Waals surface area contributed by atoms with Gasteiger partial charge in [-0.25, -0.2) is 0 Å². The molecule has 1 heteroatoms. The molecular weight excluding hydrogens is 127 g/mol. The molecule has 0 aliphatic heterocycles. The summed E-state index contributed by atoms with van der Waals surface area (Å²) >= 11 is 0. The summed E-state index contributed by atoms with van der Waals surface area (Å²) in [5, 5.41) is 0. The molecule has 3 rings (SSSR count). The summed E-state index contributed by atoms with van der Waals surface area (Å²) < 4.78 is 0. The first kappa shape index (κ1) is 7.47. The zero-order valence-electron chi connectivity index (χ0n) is 6.80. The number of hydrogen-bond acceptors (Lipinski definition) is 0. The molecule has 1 aromatic rings. The van der Waals surface area contributed by atoms with Gasteiger partial charge in [-0.3, -0.25) is 0 Å². The van der Waals surface area contributed by atoms with Gasteiger partial charge in [-0.05, 0) is 0 Å². The normalized spacial score (nSPS) is 23.3. The predicted molar refractivity (Wildman–Crippen MR) is 40.6 cm³/mol. The SMILES string of the molecule is [Li+].c1ccc(C23C[C-]2C3)cc1. The molecule has 0 spiro atoms. The first-order valence-corrected chi connectivity index (χ1v) is 3.82. The number of hydrogen-bond donors (Lipinski definition) is 0. The summed E-state index contributed by atoms with van der Waals surface area (Å²) in [6.07, 6.45) is 2.77. The molecule has 0 unspecified atom stereocenters. The van der Waals surface area contributed by atoms with E-state index in [0.717, 1.165) is 0 Å². The zero-order valence-corrected chi connectivity index (χ0v) is 6.80. The van der Waals surface area contributed by atoms with E-state index in [1.807, 2.05) is 0 Å². The molecule has 0 N–H and O–H groups in total. The maximum Gasteiger partial charge on any atom is 1.00 e. The second-order valence-corrected chi connectivity index (χ2v) is 3.41. The Balaban J connectivity index is 0.000000480. The standard InChI is InChI=1S/C10H9.Li/c1-2-4-8(5-3-1)10-6-9(10)7-10;/h1-5H,6-7H2;/q-1;+1. The third-order valence-corrected chi connectivity index (χ3v) is 2.78. The number of benzene rings is 1. The summed E-state index contributed by atoms with van der Waals surface area (Å²) in [4.78, 5) is 0. The Bertz CT molecular complexity index is 259. The molecule has 50 valence electrons. The molecule has 2 fully saturated rings. The van der Waals surface area contributed by atoms with Crippen LogP contribution >= 0.6 is 0 Å². The van der Waals surface area contributed by atoms with Gasteiger partial charge in [0.25, 0.3) is 0 Å². The van der Waals surface area contributed by atoms with Crippen molar-refractivity contribution in [2.24, 2.45) is 0 Å². The Morgan fingerprint density at radius 1 is 1.09 bits per heavy atom. The fraction of sp³-hybridized carbons (Fsp3) is 0.300. The van der Waals surface area contributed by atoms with Gasteiger partial charge in [-0.2, -0.15) is 18.3 Å². The van der Waals surface area contributed by atoms with Crippen molar-refractivity contribution in [2.45, 2.75) is 18.3 Å². The molecule has 0 saturated heterocycles. The van der Waals surface area contributed by atoms with Gasteiger partial charge in [-0.1, -0.05) is 35.9 Å². The minimum atomic E-state index is 0. The molecular formula is C10H9Li. The molecule has 0 bridgehead atoms. The molecule has 0 heterocycles. The van der Waals surface area contributed by atoms with Crippen LogP contribution in [0.4, 0.5) is 0 Å². The Labute approximate surface area is 79.2 Å². The van der Waals surface area contributed by atoms with Crippen LogP contribution in [0.5, 0.6) is 0 Å². The van der Waals surface area contributed by atoms with Gasteiger partial charge in [0, 0.05) is 0 Å². The summed E-state index contributed by atoms with van der Waals surface area (Å²) in [6, 6.07) is 10.9. The Kier molecular flexibility index (Phi) is 1.46. The van der Waals surface area contributed by atoms with Crippen molar-refractivity contribution in [1.82, 2.24) is 0 Å². The average molecular weight is 136 g/mol. The first-order valence-electron chi connectivity index (χ1n) is 3.82. The second-order valence-electron chi connectivity index (χ2n) is 3.41. The van der Waals surface area contributed by atoms with E-state index in [9.17, 15) is 0 Å². The topological polar surface area (TPSA) is 0 Å². The molecule has 2 aliphatic carbocycles. The van der Waals surface area contributed by atoms with Crippen molar-refractivity contribution >= 4 is 0 Å². The summed E-state index contributed by atoms with van der Waals surface area (Å²) in [6.45, 7) is 0. The average Bonchev–Trinajstić information content (AvgIpc) is 2.74. The van der Waals surface area contributed by atoms with Gasteiger partial charge in [0.2, 0.25) is 0 Å². The van der Waals surface area contributed by atoms with E-state index in [0.29, 0.717) is 5.41 Å². The van der Waals surface area contributed by atoms with Crippen molar-refractivity contribution in [3.63, 3.8) is 0 Å². The van der Waals surface area contributed by atoms with Gasteiger partial charge in [0.15, 0.2) is 0 Å². The molecule has 0 aromatic heterocycles. The third kappa shape index (κ3) is 0.900. The van der Waals surface area contributed by atoms with E-state index < -0.39 is 0 Å². The van der Waals surface area contributed by atoms with Crippen LogP contribution in [0.2, 0.25) is 0 Å². The van der Waals surface area contributed by atoms with Gasteiger partial charge in [-0.15, -0.1) is 0 Å². The summed E-state index contributed by atoms with van der Waals surface area (Å²) in [7, 11) is 0. The van der Waals surface area contributed by atoms with Crippen molar-refractivity contribution < 1.29 is 18.9 Å². The van der Waals surface area contributed by atoms with Crippen LogP contribution in [0, 0.1) is 5.92 Å². The fourth-order valence-corrected chi connectivity index (χ4v) is 1.75. The quantitative estimate of drug-likeness (QED) is 0.354. The maximum atomic E-state index is 2.25. The van der Waals surface area contributed by atoms with E-state index in [1.165, 1.54) is 12.8 Å².